The smallest absolute Gasteiger partial charge is 0.258 e. The van der Waals surface area contributed by atoms with Crippen LogP contribution in [0.5, 0.6) is 11.5 Å². The van der Waals surface area contributed by atoms with Crippen molar-refractivity contribution >= 4 is 25.7 Å². The minimum Gasteiger partial charge on any atom is -0.542 e. The summed E-state index contributed by atoms with van der Waals surface area (Å²) < 4.78 is 13.0. The van der Waals surface area contributed by atoms with Gasteiger partial charge in [-0.1, -0.05) is 53.1 Å². The number of hydrogen-bond donors (Lipinski definition) is 1. The second kappa shape index (κ2) is 8.90. The summed E-state index contributed by atoms with van der Waals surface area (Å²) in [5, 5.41) is 11.3. The summed E-state index contributed by atoms with van der Waals surface area (Å²) >= 11 is 7.06. The van der Waals surface area contributed by atoms with Crippen LogP contribution in [0.2, 0.25) is 21.6 Å². The van der Waals surface area contributed by atoms with Crippen LogP contribution in [0, 0.1) is 23.7 Å². The third kappa shape index (κ3) is 3.89. The summed E-state index contributed by atoms with van der Waals surface area (Å²) in [5.74, 6) is 4.65. The van der Waals surface area contributed by atoms with Gasteiger partial charge in [0, 0.05) is 11.6 Å². The minimum absolute atomic E-state index is 0.192. The normalized spacial score (nSPS) is 27.0. The highest BCUT2D eigenvalue weighted by molar-refractivity contribution is 6.78. The average Bonchev–Trinajstić information content (AvgIpc) is 2.69. The second-order valence-corrected chi connectivity index (χ2v) is 17.3. The van der Waals surface area contributed by atoms with Crippen LogP contribution in [-0.2, 0) is 4.74 Å². The van der Waals surface area contributed by atoms with E-state index in [9.17, 15) is 5.11 Å². The Morgan fingerprint density at radius 2 is 1.41 bits per heavy atom. The molecule has 0 heterocycles. The van der Waals surface area contributed by atoms with E-state index in [0.717, 1.165) is 23.2 Å². The molecule has 0 amide bonds. The Morgan fingerprint density at radius 3 is 1.84 bits per heavy atom. The van der Waals surface area contributed by atoms with Crippen molar-refractivity contribution in [3.63, 3.8) is 0 Å². The molecule has 0 atom stereocenters. The van der Waals surface area contributed by atoms with Gasteiger partial charge in [0.15, 0.2) is 0 Å². The molecule has 0 spiro atoms. The molecule has 4 aliphatic carbocycles. The molecule has 4 bridgehead atoms. The fraction of sp³-hybridized carbons (Fsp3) is 0.704. The number of benzene rings is 1. The van der Waals surface area contributed by atoms with Crippen LogP contribution in [0.25, 0.3) is 5.76 Å². The zero-order chi connectivity index (χ0) is 23.4. The molecule has 1 aromatic carbocycles. The topological polar surface area (TPSA) is 38.7 Å². The van der Waals surface area contributed by atoms with Crippen LogP contribution >= 0.6 is 11.6 Å². The average molecular weight is 477 g/mol. The minimum atomic E-state index is -2.21. The Morgan fingerprint density at radius 1 is 0.906 bits per heavy atom. The van der Waals surface area contributed by atoms with Gasteiger partial charge >= 0.3 is 0 Å². The number of allylic oxidation sites excluding steroid dienone is 1. The van der Waals surface area contributed by atoms with Crippen molar-refractivity contribution in [1.82, 2.24) is 0 Å². The lowest BCUT2D eigenvalue weighted by Crippen LogP contribution is -2.50. The van der Waals surface area contributed by atoms with Gasteiger partial charge in [0.05, 0.1) is 12.1 Å². The summed E-state index contributed by atoms with van der Waals surface area (Å²) in [6.07, 6.45) is 6.52. The van der Waals surface area contributed by atoms with Crippen LogP contribution in [-0.4, -0.2) is 20.5 Å². The summed E-state index contributed by atoms with van der Waals surface area (Å²) in [4.78, 5) is 0. The maximum Gasteiger partial charge on any atom is 0.258 e. The van der Waals surface area contributed by atoms with Crippen LogP contribution in [0.4, 0.5) is 0 Å². The predicted molar refractivity (Wildman–Crippen MR) is 136 cm³/mol. The van der Waals surface area contributed by atoms with Gasteiger partial charge in [-0.15, -0.1) is 0 Å². The van der Waals surface area contributed by atoms with Crippen LogP contribution in [0.3, 0.4) is 0 Å². The largest absolute Gasteiger partial charge is 0.542 e. The molecule has 0 aromatic heterocycles. The summed E-state index contributed by atoms with van der Waals surface area (Å²) in [6.45, 7) is 13.6. The van der Waals surface area contributed by atoms with E-state index >= 15 is 0 Å². The number of phenols is 1. The highest BCUT2D eigenvalue weighted by Crippen LogP contribution is 2.58. The van der Waals surface area contributed by atoms with Crippen LogP contribution < -0.4 is 4.43 Å². The van der Waals surface area contributed by atoms with Gasteiger partial charge in [-0.2, -0.15) is 0 Å². The van der Waals surface area contributed by atoms with Gasteiger partial charge in [0.25, 0.3) is 8.32 Å². The number of halogens is 1. The van der Waals surface area contributed by atoms with E-state index in [1.807, 2.05) is 0 Å². The Balaban J connectivity index is 1.80. The Bertz CT molecular complexity index is 837. The summed E-state index contributed by atoms with van der Waals surface area (Å²) in [7, 11) is -0.455. The number of methoxy groups -OCH3 is 1. The highest BCUT2D eigenvalue weighted by Gasteiger charge is 2.49. The molecular formula is C27H41ClO3Si. The monoisotopic (exact) mass is 476 g/mol. The Labute approximate surface area is 200 Å². The Kier molecular flexibility index (Phi) is 6.68. The van der Waals surface area contributed by atoms with E-state index in [0.29, 0.717) is 39.2 Å². The van der Waals surface area contributed by atoms with Gasteiger partial charge < -0.3 is 14.3 Å². The summed E-state index contributed by atoms with van der Waals surface area (Å²) in [5.41, 5.74) is 3.51. The van der Waals surface area contributed by atoms with Crippen molar-refractivity contribution < 1.29 is 14.3 Å². The quantitative estimate of drug-likeness (QED) is 0.317. The number of ether oxygens (including phenoxy) is 1. The SMILES string of the molecule is COC(=C1C2CC3CC(C2)CC1C3)c1cc(O)cc(O[Si](C(C)C)(C(C)C)C(C)C)c1Cl. The summed E-state index contributed by atoms with van der Waals surface area (Å²) in [6, 6.07) is 3.48. The van der Waals surface area contributed by atoms with Crippen molar-refractivity contribution in [2.75, 3.05) is 7.11 Å². The van der Waals surface area contributed by atoms with Crippen molar-refractivity contribution in [3.8, 4) is 11.5 Å². The first-order chi connectivity index (χ1) is 15.1. The molecule has 1 aromatic rings. The van der Waals surface area contributed by atoms with E-state index in [2.05, 4.69) is 41.5 Å². The van der Waals surface area contributed by atoms with Gasteiger partial charge in [-0.05, 0) is 84.0 Å². The first-order valence-electron chi connectivity index (χ1n) is 12.6. The molecule has 4 aliphatic rings. The molecule has 4 fully saturated rings. The lowest BCUT2D eigenvalue weighted by molar-refractivity contribution is 0.0675. The van der Waals surface area contributed by atoms with Gasteiger partial charge in [0.1, 0.15) is 17.3 Å². The van der Waals surface area contributed by atoms with Gasteiger partial charge in [0.2, 0.25) is 0 Å². The van der Waals surface area contributed by atoms with E-state index in [1.165, 1.54) is 37.7 Å². The molecule has 5 heteroatoms. The standard InChI is InChI=1S/C27H41ClO3Si/c1-15(2)32(16(3)4,17(5)6)31-24-14-22(29)13-23(26(24)28)27(30-7)25-20-9-18-8-19(11-20)12-21(25)10-18/h13-21,29H,8-12H2,1-7H3. The fourth-order valence-corrected chi connectivity index (χ4v) is 13.4. The number of aromatic hydroxyl groups is 1. The van der Waals surface area contributed by atoms with Crippen molar-refractivity contribution in [3.05, 3.63) is 28.3 Å². The number of phenolic OH excluding ortho intramolecular Hbond substituents is 1. The Hall–Kier alpha value is -1.13. The van der Waals surface area contributed by atoms with Gasteiger partial charge in [-0.25, -0.2) is 0 Å². The molecule has 0 aliphatic heterocycles. The fourth-order valence-electron chi connectivity index (χ4n) is 7.81. The van der Waals surface area contributed by atoms with Crippen molar-refractivity contribution in [1.29, 1.82) is 0 Å². The maximum absolute atomic E-state index is 10.7. The van der Waals surface area contributed by atoms with E-state index in [-0.39, 0.29) is 5.75 Å². The first kappa shape index (κ1) is 24.0. The lowest BCUT2D eigenvalue weighted by Gasteiger charge is -2.51. The first-order valence-corrected chi connectivity index (χ1v) is 15.1. The maximum atomic E-state index is 10.7. The third-order valence-corrected chi connectivity index (χ3v) is 15.1. The highest BCUT2D eigenvalue weighted by atomic mass is 35.5. The number of rotatable bonds is 7. The van der Waals surface area contributed by atoms with Crippen LogP contribution in [0.15, 0.2) is 17.7 Å². The van der Waals surface area contributed by atoms with Crippen molar-refractivity contribution in [2.45, 2.75) is 90.3 Å². The zero-order valence-electron chi connectivity index (χ0n) is 20.9. The second-order valence-electron chi connectivity index (χ2n) is 11.5. The van der Waals surface area contributed by atoms with E-state index in [4.69, 9.17) is 20.8 Å². The molecule has 32 heavy (non-hydrogen) atoms. The zero-order valence-corrected chi connectivity index (χ0v) is 22.6. The molecule has 1 N–H and O–H groups in total. The molecule has 3 nitrogen and oxygen atoms in total. The van der Waals surface area contributed by atoms with E-state index in [1.54, 1.807) is 19.2 Å². The lowest BCUT2D eigenvalue weighted by atomic mass is 9.54. The molecule has 0 unspecified atom stereocenters. The molecule has 0 saturated heterocycles. The molecule has 0 radical (unpaired) electrons. The van der Waals surface area contributed by atoms with Crippen molar-refractivity contribution in [2.24, 2.45) is 23.7 Å². The number of hydrogen-bond acceptors (Lipinski definition) is 3. The van der Waals surface area contributed by atoms with Crippen LogP contribution in [0.1, 0.15) is 79.2 Å². The predicted octanol–water partition coefficient (Wildman–Crippen LogP) is 8.41. The van der Waals surface area contributed by atoms with E-state index < -0.39 is 8.32 Å². The molecule has 178 valence electrons. The van der Waals surface area contributed by atoms with Gasteiger partial charge in [-0.3, -0.25) is 0 Å². The third-order valence-electron chi connectivity index (χ3n) is 8.75. The molecule has 5 rings (SSSR count). The molecule has 4 saturated carbocycles. The molecular weight excluding hydrogens is 436 g/mol.